The van der Waals surface area contributed by atoms with Crippen LogP contribution in [0.25, 0.3) is 0 Å². The highest BCUT2D eigenvalue weighted by molar-refractivity contribution is 7.99. The molecule has 0 fully saturated rings. The molecule has 0 saturated carbocycles. The van der Waals surface area contributed by atoms with Gasteiger partial charge in [0.1, 0.15) is 6.04 Å². The van der Waals surface area contributed by atoms with Crippen LogP contribution in [0.2, 0.25) is 5.02 Å². The van der Waals surface area contributed by atoms with Crippen molar-refractivity contribution in [2.45, 2.75) is 18.2 Å². The van der Waals surface area contributed by atoms with Crippen molar-refractivity contribution < 1.29 is 24.6 Å². The molecule has 0 unspecified atom stereocenters. The van der Waals surface area contributed by atoms with Gasteiger partial charge in [-0.25, -0.2) is 4.79 Å². The van der Waals surface area contributed by atoms with Gasteiger partial charge >= 0.3 is 11.9 Å². The fourth-order valence-corrected chi connectivity index (χ4v) is 2.50. The standard InChI is InChI=1S/C13H14ClNO5S/c14-9-3-1-2-8(4-9)6-21-7-11(16)15-10(13(19)20)5-12(17)18/h1-4,10H,5-7H2,(H,15,16)(H,17,18)(H,19,20)/t10-/m1/s1. The Bertz CT molecular complexity index is 537. The van der Waals surface area contributed by atoms with Gasteiger partial charge in [-0.3, -0.25) is 9.59 Å². The molecule has 21 heavy (non-hydrogen) atoms. The zero-order chi connectivity index (χ0) is 15.8. The number of benzene rings is 1. The van der Waals surface area contributed by atoms with E-state index < -0.39 is 30.3 Å². The van der Waals surface area contributed by atoms with Gasteiger partial charge in [0.05, 0.1) is 12.2 Å². The molecule has 0 spiro atoms. The quantitative estimate of drug-likeness (QED) is 0.668. The highest BCUT2D eigenvalue weighted by Gasteiger charge is 2.22. The number of nitrogens with one attached hydrogen (secondary N) is 1. The second-order valence-electron chi connectivity index (χ2n) is 4.18. The summed E-state index contributed by atoms with van der Waals surface area (Å²) < 4.78 is 0. The summed E-state index contributed by atoms with van der Waals surface area (Å²) in [5, 5.41) is 20.2. The lowest BCUT2D eigenvalue weighted by Crippen LogP contribution is -2.43. The summed E-state index contributed by atoms with van der Waals surface area (Å²) in [6.07, 6.45) is -0.653. The third-order valence-corrected chi connectivity index (χ3v) is 3.64. The maximum Gasteiger partial charge on any atom is 0.326 e. The molecule has 1 amide bonds. The first kappa shape index (κ1) is 17.3. The second-order valence-corrected chi connectivity index (χ2v) is 5.60. The zero-order valence-corrected chi connectivity index (χ0v) is 12.5. The minimum Gasteiger partial charge on any atom is -0.481 e. The third-order valence-electron chi connectivity index (χ3n) is 2.40. The molecule has 1 rings (SSSR count). The van der Waals surface area contributed by atoms with E-state index in [4.69, 9.17) is 21.8 Å². The summed E-state index contributed by atoms with van der Waals surface area (Å²) in [7, 11) is 0. The van der Waals surface area contributed by atoms with E-state index in [0.717, 1.165) is 5.56 Å². The predicted octanol–water partition coefficient (Wildman–Crippen LogP) is 1.62. The van der Waals surface area contributed by atoms with E-state index in [1.54, 1.807) is 18.2 Å². The Balaban J connectivity index is 2.39. The number of thioether (sulfide) groups is 1. The van der Waals surface area contributed by atoms with E-state index in [2.05, 4.69) is 5.32 Å². The van der Waals surface area contributed by atoms with Crippen LogP contribution in [0, 0.1) is 0 Å². The third kappa shape index (κ3) is 7.01. The lowest BCUT2D eigenvalue weighted by Gasteiger charge is -2.12. The van der Waals surface area contributed by atoms with E-state index in [1.807, 2.05) is 6.07 Å². The first-order chi connectivity index (χ1) is 9.88. The van der Waals surface area contributed by atoms with Gasteiger partial charge in [-0.2, -0.15) is 0 Å². The molecule has 1 aromatic rings. The molecule has 8 heteroatoms. The number of carboxylic acid groups (broad SMARTS) is 2. The molecule has 0 bridgehead atoms. The summed E-state index contributed by atoms with van der Waals surface area (Å²) >= 11 is 7.11. The first-order valence-electron chi connectivity index (χ1n) is 5.94. The molecule has 0 aliphatic heterocycles. The predicted molar refractivity (Wildman–Crippen MR) is 79.4 cm³/mol. The Morgan fingerprint density at radius 2 is 2.00 bits per heavy atom. The fourth-order valence-electron chi connectivity index (χ4n) is 1.50. The van der Waals surface area contributed by atoms with Crippen LogP contribution in [-0.4, -0.2) is 39.9 Å². The van der Waals surface area contributed by atoms with E-state index in [9.17, 15) is 14.4 Å². The van der Waals surface area contributed by atoms with E-state index in [-0.39, 0.29) is 5.75 Å². The normalized spacial score (nSPS) is 11.7. The molecule has 1 aromatic carbocycles. The number of carbonyl (C=O) groups is 3. The molecule has 6 nitrogen and oxygen atoms in total. The number of halogens is 1. The molecule has 1 atom stereocenters. The van der Waals surface area contributed by atoms with Gasteiger partial charge < -0.3 is 15.5 Å². The van der Waals surface area contributed by atoms with Crippen LogP contribution in [0.4, 0.5) is 0 Å². The Labute approximate surface area is 130 Å². The smallest absolute Gasteiger partial charge is 0.326 e. The molecule has 0 aliphatic rings. The summed E-state index contributed by atoms with van der Waals surface area (Å²) in [5.74, 6) is -2.59. The van der Waals surface area contributed by atoms with E-state index in [1.165, 1.54) is 11.8 Å². The van der Waals surface area contributed by atoms with Crippen molar-refractivity contribution in [3.05, 3.63) is 34.9 Å². The molecule has 0 radical (unpaired) electrons. The van der Waals surface area contributed by atoms with Crippen LogP contribution in [0.3, 0.4) is 0 Å². The van der Waals surface area contributed by atoms with Gasteiger partial charge in [0.2, 0.25) is 5.91 Å². The van der Waals surface area contributed by atoms with Gasteiger partial charge in [-0.05, 0) is 17.7 Å². The molecule has 114 valence electrons. The number of rotatable bonds is 8. The number of hydrogen-bond acceptors (Lipinski definition) is 4. The summed E-state index contributed by atoms with van der Waals surface area (Å²) in [6.45, 7) is 0. The summed E-state index contributed by atoms with van der Waals surface area (Å²) in [4.78, 5) is 32.9. The van der Waals surface area contributed by atoms with Crippen molar-refractivity contribution in [3.8, 4) is 0 Å². The van der Waals surface area contributed by atoms with Crippen molar-refractivity contribution in [2.24, 2.45) is 0 Å². The maximum atomic E-state index is 11.6. The van der Waals surface area contributed by atoms with Crippen LogP contribution < -0.4 is 5.32 Å². The Morgan fingerprint density at radius 3 is 2.57 bits per heavy atom. The molecular formula is C13H14ClNO5S. The summed E-state index contributed by atoms with van der Waals surface area (Å²) in [6, 6.07) is 5.76. The van der Waals surface area contributed by atoms with Crippen molar-refractivity contribution in [1.82, 2.24) is 5.32 Å². The van der Waals surface area contributed by atoms with Crippen molar-refractivity contribution in [3.63, 3.8) is 0 Å². The van der Waals surface area contributed by atoms with Crippen LogP contribution >= 0.6 is 23.4 Å². The van der Waals surface area contributed by atoms with Crippen molar-refractivity contribution >= 4 is 41.2 Å². The van der Waals surface area contributed by atoms with E-state index in [0.29, 0.717) is 10.8 Å². The van der Waals surface area contributed by atoms with E-state index >= 15 is 0 Å². The van der Waals surface area contributed by atoms with Crippen LogP contribution in [0.15, 0.2) is 24.3 Å². The van der Waals surface area contributed by atoms with Crippen LogP contribution in [-0.2, 0) is 20.1 Å². The number of carbonyl (C=O) groups excluding carboxylic acids is 1. The Morgan fingerprint density at radius 1 is 1.29 bits per heavy atom. The van der Waals surface area contributed by atoms with Crippen LogP contribution in [0.1, 0.15) is 12.0 Å². The van der Waals surface area contributed by atoms with Gasteiger partial charge in [-0.1, -0.05) is 23.7 Å². The lowest BCUT2D eigenvalue weighted by atomic mass is 10.2. The minimum absolute atomic E-state index is 0.0376. The van der Waals surface area contributed by atoms with Crippen LogP contribution in [0.5, 0.6) is 0 Å². The first-order valence-corrected chi connectivity index (χ1v) is 7.48. The molecule has 0 heterocycles. The number of hydrogen-bond donors (Lipinski definition) is 3. The lowest BCUT2D eigenvalue weighted by molar-refractivity contribution is -0.147. The minimum atomic E-state index is -1.42. The molecular weight excluding hydrogens is 318 g/mol. The average Bonchev–Trinajstić information content (AvgIpc) is 2.37. The van der Waals surface area contributed by atoms with Gasteiger partial charge in [0, 0.05) is 10.8 Å². The highest BCUT2D eigenvalue weighted by Crippen LogP contribution is 2.16. The molecule has 3 N–H and O–H groups in total. The molecule has 0 aliphatic carbocycles. The summed E-state index contributed by atoms with van der Waals surface area (Å²) in [5.41, 5.74) is 0.945. The second kappa shape index (κ2) is 8.53. The van der Waals surface area contributed by atoms with Crippen molar-refractivity contribution in [1.29, 1.82) is 0 Å². The van der Waals surface area contributed by atoms with Crippen molar-refractivity contribution in [2.75, 3.05) is 5.75 Å². The average molecular weight is 332 g/mol. The Kier molecular flexibility index (Phi) is 7.04. The number of aliphatic carboxylic acids is 2. The highest BCUT2D eigenvalue weighted by atomic mass is 35.5. The largest absolute Gasteiger partial charge is 0.481 e. The van der Waals surface area contributed by atoms with Gasteiger partial charge in [-0.15, -0.1) is 11.8 Å². The molecule has 0 aromatic heterocycles. The van der Waals surface area contributed by atoms with Gasteiger partial charge in [0.25, 0.3) is 0 Å². The maximum absolute atomic E-state index is 11.6. The SMILES string of the molecule is O=C(O)C[C@@H](NC(=O)CSCc1cccc(Cl)c1)C(=O)O. The fraction of sp³-hybridized carbons (Fsp3) is 0.308. The zero-order valence-electron chi connectivity index (χ0n) is 10.9. The topological polar surface area (TPSA) is 104 Å². The van der Waals surface area contributed by atoms with Gasteiger partial charge in [0.15, 0.2) is 0 Å². The molecule has 0 saturated heterocycles. The number of amides is 1. The number of carboxylic acids is 2. The monoisotopic (exact) mass is 331 g/mol. The Hall–Kier alpha value is -1.73.